The smallest absolute Gasteiger partial charge is 0.235 e. The summed E-state index contributed by atoms with van der Waals surface area (Å²) < 4.78 is 24.0. The van der Waals surface area contributed by atoms with Crippen LogP contribution in [0.3, 0.4) is 0 Å². The maximum Gasteiger partial charge on any atom is 0.235 e. The van der Waals surface area contributed by atoms with Crippen molar-refractivity contribution < 1.29 is 13.2 Å². The zero-order valence-corrected chi connectivity index (χ0v) is 9.23. The van der Waals surface area contributed by atoms with Gasteiger partial charge in [0.15, 0.2) is 0 Å². The van der Waals surface area contributed by atoms with Gasteiger partial charge in [0, 0.05) is 19.6 Å². The summed E-state index contributed by atoms with van der Waals surface area (Å²) in [5.74, 6) is -0.354. The van der Waals surface area contributed by atoms with E-state index in [1.807, 2.05) is 0 Å². The maximum atomic E-state index is 11.4. The molecule has 84 valence electrons. The Hall–Kier alpha value is -0.370. The number of nitrogens with two attached hydrogens (primary N) is 1. The molecule has 1 amide bonds. The molecule has 0 radical (unpaired) electrons. The fraction of sp³-hybridized carbons (Fsp3) is 0.833. The van der Waals surface area contributed by atoms with Crippen molar-refractivity contribution in [3.8, 4) is 0 Å². The van der Waals surface area contributed by atoms with Crippen molar-refractivity contribution in [2.45, 2.75) is 0 Å². The van der Waals surface area contributed by atoms with Gasteiger partial charge in [-0.25, -0.2) is 8.42 Å². The minimum absolute atomic E-state index is 0. The number of amides is 1. The molecule has 0 bridgehead atoms. The van der Waals surface area contributed by atoms with Crippen molar-refractivity contribution in [1.29, 1.82) is 0 Å². The van der Waals surface area contributed by atoms with Crippen LogP contribution in [0.1, 0.15) is 0 Å². The first kappa shape index (κ1) is 13.6. The predicted molar refractivity (Wildman–Crippen MR) is 54.7 cm³/mol. The van der Waals surface area contributed by atoms with Crippen molar-refractivity contribution >= 4 is 28.3 Å². The molecule has 1 heterocycles. The summed E-state index contributed by atoms with van der Waals surface area (Å²) in [7, 11) is -3.32. The van der Waals surface area contributed by atoms with Gasteiger partial charge >= 0.3 is 0 Å². The highest BCUT2D eigenvalue weighted by Crippen LogP contribution is 2.02. The largest absolute Gasteiger partial charge is 0.354 e. The van der Waals surface area contributed by atoms with Crippen LogP contribution in [0, 0.1) is 0 Å². The number of nitrogens with zero attached hydrogens (tertiary/aromatic N) is 1. The molecule has 0 atom stereocenters. The zero-order valence-electron chi connectivity index (χ0n) is 7.60. The van der Waals surface area contributed by atoms with Crippen LogP contribution in [0.5, 0.6) is 0 Å². The summed E-state index contributed by atoms with van der Waals surface area (Å²) in [6, 6.07) is 0. The second-order valence-corrected chi connectivity index (χ2v) is 4.88. The highest BCUT2D eigenvalue weighted by molar-refractivity contribution is 7.89. The number of nitrogens with one attached hydrogen (secondary N) is 1. The van der Waals surface area contributed by atoms with Crippen LogP contribution in [0.4, 0.5) is 0 Å². The minimum Gasteiger partial charge on any atom is -0.354 e. The Labute approximate surface area is 89.3 Å². The normalized spacial score (nSPS) is 18.5. The molecule has 0 spiro atoms. The molecule has 1 rings (SSSR count). The average molecular weight is 244 g/mol. The third kappa shape index (κ3) is 3.41. The summed E-state index contributed by atoms with van der Waals surface area (Å²) in [5.41, 5.74) is 5.15. The number of carbonyl (C=O) groups excluding carboxylic acids is 1. The topological polar surface area (TPSA) is 92.5 Å². The van der Waals surface area contributed by atoms with E-state index in [4.69, 9.17) is 5.73 Å². The summed E-state index contributed by atoms with van der Waals surface area (Å²) in [4.78, 5) is 10.9. The molecule has 0 aromatic rings. The summed E-state index contributed by atoms with van der Waals surface area (Å²) in [5, 5.41) is 2.55. The van der Waals surface area contributed by atoms with E-state index in [0.717, 1.165) is 0 Å². The summed E-state index contributed by atoms with van der Waals surface area (Å²) in [6.07, 6.45) is 0. The van der Waals surface area contributed by atoms with Crippen molar-refractivity contribution in [3.63, 3.8) is 0 Å². The van der Waals surface area contributed by atoms with Crippen molar-refractivity contribution in [3.05, 3.63) is 0 Å². The molecule has 0 aromatic carbocycles. The van der Waals surface area contributed by atoms with E-state index in [1.54, 1.807) is 0 Å². The van der Waals surface area contributed by atoms with Gasteiger partial charge in [0.05, 0.1) is 12.3 Å². The van der Waals surface area contributed by atoms with E-state index in [-0.39, 0.29) is 37.2 Å². The van der Waals surface area contributed by atoms with Gasteiger partial charge in [0.25, 0.3) is 0 Å². The van der Waals surface area contributed by atoms with Gasteiger partial charge in [-0.2, -0.15) is 4.31 Å². The van der Waals surface area contributed by atoms with Gasteiger partial charge in [0.2, 0.25) is 15.9 Å². The maximum absolute atomic E-state index is 11.4. The first-order chi connectivity index (χ1) is 6.06. The number of halogens is 1. The fourth-order valence-electron chi connectivity index (χ4n) is 1.13. The van der Waals surface area contributed by atoms with Gasteiger partial charge in [-0.1, -0.05) is 0 Å². The molecule has 0 aromatic heterocycles. The van der Waals surface area contributed by atoms with Crippen molar-refractivity contribution in [2.75, 3.05) is 31.9 Å². The lowest BCUT2D eigenvalue weighted by atomic mass is 10.4. The quantitative estimate of drug-likeness (QED) is 0.607. The second-order valence-electron chi connectivity index (χ2n) is 2.79. The van der Waals surface area contributed by atoms with Crippen LogP contribution in [-0.4, -0.2) is 50.6 Å². The molecule has 0 aliphatic carbocycles. The summed E-state index contributed by atoms with van der Waals surface area (Å²) in [6.45, 7) is 0.722. The van der Waals surface area contributed by atoms with Gasteiger partial charge in [0.1, 0.15) is 0 Å². The molecule has 6 nitrogen and oxygen atoms in total. The standard InChI is InChI=1S/C6H13N3O3S.ClH/c7-1-4-13(11,12)9-3-2-8-6(10)5-9;/h1-5,7H2,(H,8,10);1H. The van der Waals surface area contributed by atoms with E-state index in [9.17, 15) is 13.2 Å². The Morgan fingerprint density at radius 3 is 2.64 bits per heavy atom. The van der Waals surface area contributed by atoms with Crippen LogP contribution in [0.25, 0.3) is 0 Å². The van der Waals surface area contributed by atoms with Crippen LogP contribution in [0.2, 0.25) is 0 Å². The van der Waals surface area contributed by atoms with Crippen molar-refractivity contribution in [2.24, 2.45) is 5.73 Å². The molecular weight excluding hydrogens is 230 g/mol. The lowest BCUT2D eigenvalue weighted by Gasteiger charge is -2.25. The number of hydrogen-bond donors (Lipinski definition) is 2. The van der Waals surface area contributed by atoms with E-state index in [0.29, 0.717) is 13.1 Å². The lowest BCUT2D eigenvalue weighted by Crippen LogP contribution is -2.50. The van der Waals surface area contributed by atoms with E-state index in [1.165, 1.54) is 4.31 Å². The third-order valence-electron chi connectivity index (χ3n) is 1.77. The Kier molecular flexibility index (Phi) is 5.35. The van der Waals surface area contributed by atoms with Gasteiger partial charge in [-0.3, -0.25) is 4.79 Å². The molecule has 0 unspecified atom stereocenters. The zero-order chi connectivity index (χ0) is 9.90. The fourth-order valence-corrected chi connectivity index (χ4v) is 2.37. The molecule has 0 saturated carbocycles. The van der Waals surface area contributed by atoms with Gasteiger partial charge < -0.3 is 11.1 Å². The van der Waals surface area contributed by atoms with E-state index in [2.05, 4.69) is 5.32 Å². The molecular formula is C6H14ClN3O3S. The molecule has 1 saturated heterocycles. The SMILES string of the molecule is Cl.NCCS(=O)(=O)N1CCNC(=O)C1. The molecule has 8 heteroatoms. The molecule has 1 aliphatic heterocycles. The number of hydrogen-bond acceptors (Lipinski definition) is 4. The second kappa shape index (κ2) is 5.50. The van der Waals surface area contributed by atoms with E-state index >= 15 is 0 Å². The van der Waals surface area contributed by atoms with Crippen molar-refractivity contribution in [1.82, 2.24) is 9.62 Å². The number of carbonyl (C=O) groups is 1. The van der Waals surface area contributed by atoms with Gasteiger partial charge in [-0.15, -0.1) is 12.4 Å². The number of rotatable bonds is 3. The van der Waals surface area contributed by atoms with E-state index < -0.39 is 10.0 Å². The minimum atomic E-state index is -3.32. The van der Waals surface area contributed by atoms with Crippen LogP contribution >= 0.6 is 12.4 Å². The Morgan fingerprint density at radius 2 is 2.14 bits per heavy atom. The number of sulfonamides is 1. The monoisotopic (exact) mass is 243 g/mol. The van der Waals surface area contributed by atoms with Crippen LogP contribution in [0.15, 0.2) is 0 Å². The average Bonchev–Trinajstić information content (AvgIpc) is 2.04. The summed E-state index contributed by atoms with van der Waals surface area (Å²) >= 11 is 0. The highest BCUT2D eigenvalue weighted by atomic mass is 35.5. The Bertz CT molecular complexity index is 293. The molecule has 1 fully saturated rings. The first-order valence-electron chi connectivity index (χ1n) is 4.01. The van der Waals surface area contributed by atoms with Crippen LogP contribution < -0.4 is 11.1 Å². The third-order valence-corrected chi connectivity index (χ3v) is 3.62. The molecule has 3 N–H and O–H groups in total. The molecule has 14 heavy (non-hydrogen) atoms. The highest BCUT2D eigenvalue weighted by Gasteiger charge is 2.26. The Morgan fingerprint density at radius 1 is 1.50 bits per heavy atom. The van der Waals surface area contributed by atoms with Crippen LogP contribution in [-0.2, 0) is 14.8 Å². The number of piperazine rings is 1. The molecule has 1 aliphatic rings. The predicted octanol–water partition coefficient (Wildman–Crippen LogP) is -1.87. The first-order valence-corrected chi connectivity index (χ1v) is 5.62. The lowest BCUT2D eigenvalue weighted by molar-refractivity contribution is -0.122. The van der Waals surface area contributed by atoms with Gasteiger partial charge in [-0.05, 0) is 0 Å². The Balaban J connectivity index is 0.00000169.